The van der Waals surface area contributed by atoms with Gasteiger partial charge in [-0.05, 0) is 95.5 Å². The molecule has 2 aromatic rings. The van der Waals surface area contributed by atoms with Gasteiger partial charge < -0.3 is 20.6 Å². The van der Waals surface area contributed by atoms with Crippen LogP contribution in [0.4, 0.5) is 11.8 Å². The van der Waals surface area contributed by atoms with E-state index in [1.165, 1.54) is 25.7 Å². The number of benzene rings is 1. The van der Waals surface area contributed by atoms with Crippen LogP contribution in [0.25, 0.3) is 0 Å². The second kappa shape index (κ2) is 19.5. The first-order chi connectivity index (χ1) is 20.0. The second-order valence-corrected chi connectivity index (χ2v) is 12.1. The number of hydrogen-bond donors (Lipinski definition) is 3. The van der Waals surface area contributed by atoms with Crippen molar-refractivity contribution < 1.29 is 9.90 Å². The van der Waals surface area contributed by atoms with Gasteiger partial charge in [0.2, 0.25) is 5.95 Å². The Balaban J connectivity index is 0.000000631. The molecule has 2 saturated heterocycles. The van der Waals surface area contributed by atoms with Gasteiger partial charge in [-0.15, -0.1) is 0 Å². The van der Waals surface area contributed by atoms with Crippen molar-refractivity contribution in [1.29, 1.82) is 0 Å². The molecule has 10 heteroatoms. The van der Waals surface area contributed by atoms with Crippen LogP contribution in [-0.4, -0.2) is 47.2 Å². The van der Waals surface area contributed by atoms with E-state index in [9.17, 15) is 4.79 Å². The lowest BCUT2D eigenvalue weighted by Gasteiger charge is -2.38. The number of carbonyl (C=O) groups is 1. The van der Waals surface area contributed by atoms with Gasteiger partial charge in [-0.25, -0.2) is 4.98 Å². The summed E-state index contributed by atoms with van der Waals surface area (Å²) in [6, 6.07) is 5.49. The highest BCUT2D eigenvalue weighted by Gasteiger charge is 2.30. The van der Waals surface area contributed by atoms with E-state index in [1.54, 1.807) is 19.9 Å². The number of rotatable bonds is 7. The number of carboxylic acid groups (broad SMARTS) is 1. The summed E-state index contributed by atoms with van der Waals surface area (Å²) < 4.78 is 0. The molecule has 42 heavy (non-hydrogen) atoms. The molecule has 2 aliphatic heterocycles. The third-order valence-corrected chi connectivity index (χ3v) is 8.76. The predicted octanol–water partition coefficient (Wildman–Crippen LogP) is 9.13. The number of hydrogen-bond acceptors (Lipinski definition) is 6. The van der Waals surface area contributed by atoms with Crippen molar-refractivity contribution >= 4 is 52.5 Å². The summed E-state index contributed by atoms with van der Waals surface area (Å²) in [5, 5.41) is 17.1. The van der Waals surface area contributed by atoms with Gasteiger partial charge in [0, 0.05) is 29.7 Å². The normalized spacial score (nSPS) is 17.0. The molecule has 0 saturated carbocycles. The minimum atomic E-state index is -0.722. The van der Waals surface area contributed by atoms with E-state index < -0.39 is 11.4 Å². The van der Waals surface area contributed by atoms with Crippen molar-refractivity contribution in [2.24, 2.45) is 17.3 Å². The Kier molecular flexibility index (Phi) is 17.7. The lowest BCUT2D eigenvalue weighted by molar-refractivity contribution is -0.147. The van der Waals surface area contributed by atoms with Crippen LogP contribution < -0.4 is 15.5 Å². The summed E-state index contributed by atoms with van der Waals surface area (Å²) in [6.45, 7) is 20.0. The molecule has 0 spiro atoms. The minimum Gasteiger partial charge on any atom is -0.481 e. The van der Waals surface area contributed by atoms with Crippen LogP contribution in [0, 0.1) is 24.2 Å². The summed E-state index contributed by atoms with van der Waals surface area (Å²) in [7, 11) is 0. The molecule has 4 rings (SSSR count). The molecule has 3 N–H and O–H groups in total. The Morgan fingerprint density at radius 3 is 2.26 bits per heavy atom. The lowest BCUT2D eigenvalue weighted by atomic mass is 9.80. The Morgan fingerprint density at radius 2 is 1.71 bits per heavy atom. The van der Waals surface area contributed by atoms with Gasteiger partial charge in [-0.3, -0.25) is 4.79 Å². The van der Waals surface area contributed by atoms with Crippen molar-refractivity contribution in [3.63, 3.8) is 0 Å². The van der Waals surface area contributed by atoms with Gasteiger partial charge in [0.05, 0.1) is 11.1 Å². The molecule has 1 aromatic carbocycles. The average Bonchev–Trinajstić information content (AvgIpc) is 3.01. The number of aryl methyl sites for hydroxylation is 1. The highest BCUT2D eigenvalue weighted by Crippen LogP contribution is 2.33. The summed E-state index contributed by atoms with van der Waals surface area (Å²) in [5.74, 6) is 2.20. The molecular formula is C32H52Cl3N5O2. The number of nitrogens with one attached hydrogen (secondary N) is 2. The van der Waals surface area contributed by atoms with Gasteiger partial charge in [0.1, 0.15) is 5.02 Å². The maximum atomic E-state index is 10.3. The first-order valence-corrected chi connectivity index (χ1v) is 16.6. The average molecular weight is 645 g/mol. The van der Waals surface area contributed by atoms with E-state index in [1.807, 2.05) is 53.7 Å². The SMILES string of the molecule is CC.CC.CCC(C)(C)C(=O)O.Cc1nc(N2CCCC(C3CCNCC3)C2)nc(NCc2ccc(Cl)cc2Cl)c1Cl. The number of nitrogens with zero attached hydrogens (tertiary/aromatic N) is 3. The van der Waals surface area contributed by atoms with Gasteiger partial charge in [-0.1, -0.05) is 75.5 Å². The molecule has 2 aliphatic rings. The molecule has 0 radical (unpaired) electrons. The van der Waals surface area contributed by atoms with Crippen LogP contribution in [0.15, 0.2) is 18.2 Å². The largest absolute Gasteiger partial charge is 0.481 e. The number of piperidine rings is 2. The van der Waals surface area contributed by atoms with E-state index in [0.29, 0.717) is 39.8 Å². The molecule has 0 aliphatic carbocycles. The van der Waals surface area contributed by atoms with Crippen molar-refractivity contribution in [2.45, 2.75) is 94.0 Å². The van der Waals surface area contributed by atoms with Crippen LogP contribution >= 0.6 is 34.8 Å². The van der Waals surface area contributed by atoms with Crippen LogP contribution in [0.1, 0.15) is 91.8 Å². The number of anilines is 2. The van der Waals surface area contributed by atoms with Gasteiger partial charge in [-0.2, -0.15) is 4.98 Å². The highest BCUT2D eigenvalue weighted by atomic mass is 35.5. The van der Waals surface area contributed by atoms with Crippen LogP contribution in [-0.2, 0) is 11.3 Å². The van der Waals surface area contributed by atoms with Crippen molar-refractivity contribution in [3.05, 3.63) is 44.5 Å². The molecule has 1 aromatic heterocycles. The Labute approximate surface area is 269 Å². The molecule has 0 bridgehead atoms. The summed E-state index contributed by atoms with van der Waals surface area (Å²) in [4.78, 5) is 22.1. The number of aromatic nitrogens is 2. The number of carboxylic acids is 1. The summed E-state index contributed by atoms with van der Waals surface area (Å²) >= 11 is 18.8. The zero-order valence-electron chi connectivity index (χ0n) is 26.8. The Hall–Kier alpha value is -1.80. The molecule has 2 fully saturated rings. The zero-order chi connectivity index (χ0) is 31.9. The number of aliphatic carboxylic acids is 1. The highest BCUT2D eigenvalue weighted by molar-refractivity contribution is 6.35. The lowest BCUT2D eigenvalue weighted by Crippen LogP contribution is -2.42. The fourth-order valence-corrected chi connectivity index (χ4v) is 5.32. The molecule has 1 unspecified atom stereocenters. The molecule has 1 atom stereocenters. The fourth-order valence-electron chi connectivity index (χ4n) is 4.69. The van der Waals surface area contributed by atoms with Crippen LogP contribution in [0.3, 0.4) is 0 Å². The van der Waals surface area contributed by atoms with Gasteiger partial charge in [0.25, 0.3) is 0 Å². The van der Waals surface area contributed by atoms with E-state index in [0.717, 1.165) is 49.3 Å². The van der Waals surface area contributed by atoms with Crippen molar-refractivity contribution in [3.8, 4) is 0 Å². The predicted molar refractivity (Wildman–Crippen MR) is 181 cm³/mol. The second-order valence-electron chi connectivity index (χ2n) is 10.8. The topological polar surface area (TPSA) is 90.4 Å². The molecule has 7 nitrogen and oxygen atoms in total. The summed E-state index contributed by atoms with van der Waals surface area (Å²) in [5.41, 5.74) is 1.19. The number of halogens is 3. The quantitative estimate of drug-likeness (QED) is 0.277. The van der Waals surface area contributed by atoms with Crippen molar-refractivity contribution in [1.82, 2.24) is 15.3 Å². The van der Waals surface area contributed by atoms with Gasteiger partial charge in [0.15, 0.2) is 5.82 Å². The standard InChI is InChI=1S/C22H28Cl3N5.C6H12O2.2C2H6/c1-14-20(25)21(27-12-16-4-5-18(23)11-19(16)24)29-22(28-14)30-10-2-3-17(13-30)15-6-8-26-9-7-15;1-4-6(2,3)5(7)8;2*1-2/h4-5,11,15,17,26H,2-3,6-10,12-13H2,1H3,(H,27,28,29);4H2,1-3H3,(H,7,8);2*1-2H3. The minimum absolute atomic E-state index is 0.517. The molecule has 3 heterocycles. The van der Waals surface area contributed by atoms with Crippen molar-refractivity contribution in [2.75, 3.05) is 36.4 Å². The maximum absolute atomic E-state index is 10.3. The van der Waals surface area contributed by atoms with Crippen LogP contribution in [0.2, 0.25) is 15.1 Å². The molecule has 0 amide bonds. The fraction of sp³-hybridized carbons (Fsp3) is 0.656. The smallest absolute Gasteiger partial charge is 0.309 e. The first kappa shape index (κ1) is 38.2. The Morgan fingerprint density at radius 1 is 1.07 bits per heavy atom. The van der Waals surface area contributed by atoms with Gasteiger partial charge >= 0.3 is 5.97 Å². The van der Waals surface area contributed by atoms with E-state index in [2.05, 4.69) is 15.5 Å². The monoisotopic (exact) mass is 643 g/mol. The van der Waals surface area contributed by atoms with E-state index in [4.69, 9.17) is 49.9 Å². The third-order valence-electron chi connectivity index (χ3n) is 7.72. The third kappa shape index (κ3) is 11.7. The Bertz CT molecular complexity index is 1090. The first-order valence-electron chi connectivity index (χ1n) is 15.4. The van der Waals surface area contributed by atoms with E-state index >= 15 is 0 Å². The maximum Gasteiger partial charge on any atom is 0.309 e. The molecule has 238 valence electrons. The van der Waals surface area contributed by atoms with Crippen LogP contribution in [0.5, 0.6) is 0 Å². The summed E-state index contributed by atoms with van der Waals surface area (Å²) in [6.07, 6.45) is 5.71. The zero-order valence-corrected chi connectivity index (χ0v) is 29.1. The molecular weight excluding hydrogens is 593 g/mol. The van der Waals surface area contributed by atoms with E-state index in [-0.39, 0.29) is 0 Å².